The molecule has 0 aliphatic heterocycles. The molecule has 0 saturated carbocycles. The Morgan fingerprint density at radius 2 is 2.21 bits per heavy atom. The van der Waals surface area contributed by atoms with Gasteiger partial charge in [-0.3, -0.25) is 4.79 Å². The minimum atomic E-state index is -0.157. The Morgan fingerprint density at radius 1 is 1.42 bits per heavy atom. The van der Waals surface area contributed by atoms with Gasteiger partial charge >= 0.3 is 0 Å². The van der Waals surface area contributed by atoms with Crippen molar-refractivity contribution in [2.75, 3.05) is 25.6 Å². The Labute approximate surface area is 114 Å². The van der Waals surface area contributed by atoms with Crippen molar-refractivity contribution in [3.63, 3.8) is 0 Å². The number of nitrogens with one attached hydrogen (secondary N) is 2. The van der Waals surface area contributed by atoms with Gasteiger partial charge in [0.05, 0.1) is 12.6 Å². The number of hydrogen-bond acceptors (Lipinski definition) is 4. The molecule has 19 heavy (non-hydrogen) atoms. The summed E-state index contributed by atoms with van der Waals surface area (Å²) in [6.45, 7) is 5.37. The Bertz CT molecular complexity index is 390. The summed E-state index contributed by atoms with van der Waals surface area (Å²) < 4.78 is 5.11. The normalized spacial score (nSPS) is 11.9. The lowest BCUT2D eigenvalue weighted by Crippen LogP contribution is -2.38. The number of methoxy groups -OCH3 is 1. The molecule has 1 aromatic rings. The van der Waals surface area contributed by atoms with Crippen molar-refractivity contribution in [1.29, 1.82) is 0 Å². The summed E-state index contributed by atoms with van der Waals surface area (Å²) in [5.74, 6) is 0.559. The molecule has 0 aliphatic rings. The lowest BCUT2D eigenvalue weighted by atomic mass is 10.1. The standard InChI is InChI=1S/C14H23N3O2/c1-4-7-11(10-19-3)16-14(18)12-8-6-9-13(17-12)15-5-2/h6,8-9,11H,4-5,7,10H2,1-3H3,(H,15,17)(H,16,18). The van der Waals surface area contributed by atoms with Gasteiger partial charge in [0.1, 0.15) is 11.5 Å². The first-order valence-electron chi connectivity index (χ1n) is 6.72. The lowest BCUT2D eigenvalue weighted by Gasteiger charge is -2.17. The monoisotopic (exact) mass is 265 g/mol. The zero-order valence-electron chi connectivity index (χ0n) is 11.9. The van der Waals surface area contributed by atoms with Gasteiger partial charge in [-0.05, 0) is 25.5 Å². The first kappa shape index (κ1) is 15.4. The summed E-state index contributed by atoms with van der Waals surface area (Å²) >= 11 is 0. The minimum Gasteiger partial charge on any atom is -0.383 e. The molecule has 1 amide bonds. The summed E-state index contributed by atoms with van der Waals surface area (Å²) in [6, 6.07) is 5.42. The van der Waals surface area contributed by atoms with E-state index >= 15 is 0 Å². The van der Waals surface area contributed by atoms with E-state index in [0.717, 1.165) is 19.4 Å². The number of ether oxygens (including phenoxy) is 1. The number of pyridine rings is 1. The molecule has 1 aromatic heterocycles. The van der Waals surface area contributed by atoms with Gasteiger partial charge < -0.3 is 15.4 Å². The molecule has 5 nitrogen and oxygen atoms in total. The van der Waals surface area contributed by atoms with Crippen LogP contribution in [0.1, 0.15) is 37.2 Å². The average molecular weight is 265 g/mol. The molecule has 1 atom stereocenters. The van der Waals surface area contributed by atoms with E-state index in [2.05, 4.69) is 22.5 Å². The van der Waals surface area contributed by atoms with Gasteiger partial charge in [0, 0.05) is 13.7 Å². The molecule has 1 unspecified atom stereocenters. The average Bonchev–Trinajstić information content (AvgIpc) is 2.40. The zero-order chi connectivity index (χ0) is 14.1. The lowest BCUT2D eigenvalue weighted by molar-refractivity contribution is 0.0887. The summed E-state index contributed by atoms with van der Waals surface area (Å²) in [5, 5.41) is 6.04. The second-order valence-electron chi connectivity index (χ2n) is 4.35. The minimum absolute atomic E-state index is 0.0343. The first-order valence-corrected chi connectivity index (χ1v) is 6.72. The summed E-state index contributed by atoms with van der Waals surface area (Å²) in [7, 11) is 1.64. The Balaban J connectivity index is 2.67. The van der Waals surface area contributed by atoms with Crippen molar-refractivity contribution >= 4 is 11.7 Å². The molecule has 106 valence electrons. The topological polar surface area (TPSA) is 63.2 Å². The smallest absolute Gasteiger partial charge is 0.270 e. The van der Waals surface area contributed by atoms with Crippen molar-refractivity contribution in [2.45, 2.75) is 32.7 Å². The third-order valence-corrected chi connectivity index (χ3v) is 2.68. The third kappa shape index (κ3) is 5.26. The SMILES string of the molecule is CCCC(COC)NC(=O)c1cccc(NCC)n1. The Morgan fingerprint density at radius 3 is 2.84 bits per heavy atom. The van der Waals surface area contributed by atoms with Crippen LogP contribution in [0.2, 0.25) is 0 Å². The van der Waals surface area contributed by atoms with Crippen LogP contribution in [-0.2, 0) is 4.74 Å². The van der Waals surface area contributed by atoms with Crippen LogP contribution in [0.25, 0.3) is 0 Å². The van der Waals surface area contributed by atoms with Crippen molar-refractivity contribution in [3.05, 3.63) is 23.9 Å². The van der Waals surface area contributed by atoms with E-state index in [4.69, 9.17) is 4.74 Å². The second-order valence-corrected chi connectivity index (χ2v) is 4.35. The van der Waals surface area contributed by atoms with Gasteiger partial charge in [-0.1, -0.05) is 19.4 Å². The largest absolute Gasteiger partial charge is 0.383 e. The fourth-order valence-corrected chi connectivity index (χ4v) is 1.85. The summed E-state index contributed by atoms with van der Waals surface area (Å²) in [4.78, 5) is 16.4. The van der Waals surface area contributed by atoms with E-state index in [1.54, 1.807) is 13.2 Å². The zero-order valence-corrected chi connectivity index (χ0v) is 11.9. The van der Waals surface area contributed by atoms with Crippen molar-refractivity contribution in [1.82, 2.24) is 10.3 Å². The Kier molecular flexibility index (Phi) is 6.89. The number of amides is 1. The maximum atomic E-state index is 12.1. The molecule has 0 aromatic carbocycles. The van der Waals surface area contributed by atoms with Crippen LogP contribution in [0.4, 0.5) is 5.82 Å². The highest BCUT2D eigenvalue weighted by Crippen LogP contribution is 2.06. The molecule has 0 spiro atoms. The molecule has 0 aliphatic carbocycles. The fourth-order valence-electron chi connectivity index (χ4n) is 1.85. The molecule has 2 N–H and O–H groups in total. The van der Waals surface area contributed by atoms with Crippen LogP contribution < -0.4 is 10.6 Å². The number of anilines is 1. The van der Waals surface area contributed by atoms with E-state index in [0.29, 0.717) is 18.1 Å². The number of nitrogens with zero attached hydrogens (tertiary/aromatic N) is 1. The number of rotatable bonds is 8. The highest BCUT2D eigenvalue weighted by atomic mass is 16.5. The van der Waals surface area contributed by atoms with Gasteiger partial charge in [0.2, 0.25) is 0 Å². The molecule has 0 saturated heterocycles. The van der Waals surface area contributed by atoms with E-state index in [9.17, 15) is 4.79 Å². The first-order chi connectivity index (χ1) is 9.21. The van der Waals surface area contributed by atoms with E-state index < -0.39 is 0 Å². The van der Waals surface area contributed by atoms with Crippen LogP contribution in [0.15, 0.2) is 18.2 Å². The fraction of sp³-hybridized carbons (Fsp3) is 0.571. The quantitative estimate of drug-likeness (QED) is 0.755. The molecule has 5 heteroatoms. The maximum Gasteiger partial charge on any atom is 0.270 e. The van der Waals surface area contributed by atoms with Crippen molar-refractivity contribution in [3.8, 4) is 0 Å². The van der Waals surface area contributed by atoms with Crippen LogP contribution in [0.5, 0.6) is 0 Å². The van der Waals surface area contributed by atoms with Gasteiger partial charge in [-0.15, -0.1) is 0 Å². The molecular formula is C14H23N3O2. The number of aromatic nitrogens is 1. The van der Waals surface area contributed by atoms with Gasteiger partial charge in [0.25, 0.3) is 5.91 Å². The van der Waals surface area contributed by atoms with E-state index in [1.807, 2.05) is 19.1 Å². The molecule has 0 fully saturated rings. The number of carbonyl (C=O) groups is 1. The predicted octanol–water partition coefficient (Wildman–Crippen LogP) is 2.06. The number of carbonyl (C=O) groups excluding carboxylic acids is 1. The van der Waals surface area contributed by atoms with Crippen LogP contribution in [0, 0.1) is 0 Å². The second kappa shape index (κ2) is 8.48. The maximum absolute atomic E-state index is 12.1. The van der Waals surface area contributed by atoms with Crippen molar-refractivity contribution < 1.29 is 9.53 Å². The number of hydrogen-bond donors (Lipinski definition) is 2. The van der Waals surface area contributed by atoms with Crippen LogP contribution in [0.3, 0.4) is 0 Å². The van der Waals surface area contributed by atoms with Crippen LogP contribution in [-0.4, -0.2) is 37.2 Å². The summed E-state index contributed by atoms with van der Waals surface area (Å²) in [6.07, 6.45) is 1.89. The third-order valence-electron chi connectivity index (χ3n) is 2.68. The van der Waals surface area contributed by atoms with Gasteiger partial charge in [0.15, 0.2) is 0 Å². The van der Waals surface area contributed by atoms with Crippen molar-refractivity contribution in [2.24, 2.45) is 0 Å². The van der Waals surface area contributed by atoms with Gasteiger partial charge in [-0.2, -0.15) is 0 Å². The highest BCUT2D eigenvalue weighted by Gasteiger charge is 2.14. The summed E-state index contributed by atoms with van der Waals surface area (Å²) in [5.41, 5.74) is 0.427. The molecular weight excluding hydrogens is 242 g/mol. The molecule has 1 rings (SSSR count). The van der Waals surface area contributed by atoms with Gasteiger partial charge in [-0.25, -0.2) is 4.98 Å². The van der Waals surface area contributed by atoms with E-state index in [-0.39, 0.29) is 11.9 Å². The molecule has 1 heterocycles. The predicted molar refractivity (Wildman–Crippen MR) is 76.4 cm³/mol. The Hall–Kier alpha value is -1.62. The van der Waals surface area contributed by atoms with Crippen LogP contribution >= 0.6 is 0 Å². The van der Waals surface area contributed by atoms with E-state index in [1.165, 1.54) is 0 Å². The molecule has 0 radical (unpaired) electrons. The highest BCUT2D eigenvalue weighted by molar-refractivity contribution is 5.92. The molecule has 0 bridgehead atoms.